The summed E-state index contributed by atoms with van der Waals surface area (Å²) in [7, 11) is 0. The van der Waals surface area contributed by atoms with Gasteiger partial charge < -0.3 is 4.74 Å². The molecule has 0 atom stereocenters. The molecule has 0 bridgehead atoms. The lowest BCUT2D eigenvalue weighted by Crippen LogP contribution is -2.10. The molecule has 7 heteroatoms. The molecule has 0 unspecified atom stereocenters. The number of nitro groups is 1. The summed E-state index contributed by atoms with van der Waals surface area (Å²) in [5.74, 6) is -0.725. The molecule has 1 aromatic rings. The first-order chi connectivity index (χ1) is 8.02. The molecular formula is C10H7IN2O4. The average Bonchev–Trinajstić information content (AvgIpc) is 2.27. The summed E-state index contributed by atoms with van der Waals surface area (Å²) in [6.45, 7) is 1.76. The minimum Gasteiger partial charge on any atom is -0.462 e. The third-order valence-corrected chi connectivity index (χ3v) is 3.01. The molecule has 0 saturated carbocycles. The van der Waals surface area contributed by atoms with E-state index in [1.165, 1.54) is 12.1 Å². The van der Waals surface area contributed by atoms with Gasteiger partial charge in [-0.25, -0.2) is 4.79 Å². The van der Waals surface area contributed by atoms with Crippen LogP contribution in [0.15, 0.2) is 12.1 Å². The maximum Gasteiger partial charge on any atom is 0.340 e. The van der Waals surface area contributed by atoms with Gasteiger partial charge in [0.15, 0.2) is 0 Å². The van der Waals surface area contributed by atoms with Crippen LogP contribution < -0.4 is 0 Å². The predicted octanol–water partition coefficient (Wildman–Crippen LogP) is 2.25. The van der Waals surface area contributed by atoms with E-state index in [1.54, 1.807) is 29.5 Å². The minimum atomic E-state index is -0.725. The van der Waals surface area contributed by atoms with Crippen molar-refractivity contribution < 1.29 is 14.5 Å². The zero-order valence-electron chi connectivity index (χ0n) is 8.77. The van der Waals surface area contributed by atoms with Crippen LogP contribution in [0.4, 0.5) is 5.69 Å². The molecule has 0 aliphatic carbocycles. The van der Waals surface area contributed by atoms with Gasteiger partial charge in [0.1, 0.15) is 9.64 Å². The molecule has 0 aliphatic heterocycles. The van der Waals surface area contributed by atoms with Gasteiger partial charge in [-0.15, -0.1) is 0 Å². The molecular weight excluding hydrogens is 339 g/mol. The highest BCUT2D eigenvalue weighted by atomic mass is 127. The van der Waals surface area contributed by atoms with Crippen molar-refractivity contribution in [3.05, 3.63) is 36.9 Å². The normalized spacial score (nSPS) is 9.47. The number of nitrogens with zero attached hydrogens (tertiary/aromatic N) is 2. The number of esters is 1. The van der Waals surface area contributed by atoms with Crippen molar-refractivity contribution >= 4 is 34.2 Å². The fourth-order valence-electron chi connectivity index (χ4n) is 1.20. The molecule has 0 radical (unpaired) electrons. The monoisotopic (exact) mass is 346 g/mol. The molecule has 0 fully saturated rings. The average molecular weight is 346 g/mol. The Morgan fingerprint density at radius 2 is 2.29 bits per heavy atom. The maximum absolute atomic E-state index is 11.6. The van der Waals surface area contributed by atoms with Crippen molar-refractivity contribution in [1.29, 1.82) is 5.26 Å². The lowest BCUT2D eigenvalue weighted by Gasteiger charge is -2.06. The molecule has 0 saturated heterocycles. The summed E-state index contributed by atoms with van der Waals surface area (Å²) >= 11 is 1.67. The molecule has 6 nitrogen and oxygen atoms in total. The highest BCUT2D eigenvalue weighted by Gasteiger charge is 2.24. The second kappa shape index (κ2) is 5.58. The van der Waals surface area contributed by atoms with Gasteiger partial charge in [0.05, 0.1) is 22.7 Å². The number of nitriles is 1. The van der Waals surface area contributed by atoms with Crippen LogP contribution >= 0.6 is 22.6 Å². The summed E-state index contributed by atoms with van der Waals surface area (Å²) in [6, 6.07) is 4.25. The highest BCUT2D eigenvalue weighted by Crippen LogP contribution is 2.27. The van der Waals surface area contributed by atoms with Crippen LogP contribution in [0.3, 0.4) is 0 Å². The maximum atomic E-state index is 11.6. The SMILES string of the molecule is CCOC(=O)c1c(C#N)ccc([N+](=O)[O-])c1I. The van der Waals surface area contributed by atoms with Gasteiger partial charge in [-0.2, -0.15) is 5.26 Å². The van der Waals surface area contributed by atoms with Crippen molar-refractivity contribution in [1.82, 2.24) is 0 Å². The van der Waals surface area contributed by atoms with Crippen molar-refractivity contribution in [3.8, 4) is 6.07 Å². The van der Waals surface area contributed by atoms with Crippen molar-refractivity contribution in [3.63, 3.8) is 0 Å². The summed E-state index contributed by atoms with van der Waals surface area (Å²) in [5.41, 5.74) is -0.199. The van der Waals surface area contributed by atoms with Crippen LogP contribution in [0.2, 0.25) is 0 Å². The molecule has 0 aromatic heterocycles. The van der Waals surface area contributed by atoms with Crippen LogP contribution in [0, 0.1) is 25.0 Å². The van der Waals surface area contributed by atoms with E-state index in [2.05, 4.69) is 0 Å². The lowest BCUT2D eigenvalue weighted by atomic mass is 10.1. The number of ether oxygens (including phenoxy) is 1. The Bertz CT molecular complexity index is 522. The van der Waals surface area contributed by atoms with Crippen LogP contribution in [-0.2, 0) is 4.74 Å². The topological polar surface area (TPSA) is 93.2 Å². The van der Waals surface area contributed by atoms with Gasteiger partial charge in [0.2, 0.25) is 0 Å². The number of hydrogen-bond donors (Lipinski definition) is 0. The number of hydrogen-bond acceptors (Lipinski definition) is 5. The fraction of sp³-hybridized carbons (Fsp3) is 0.200. The van der Waals surface area contributed by atoms with Crippen LogP contribution in [0.25, 0.3) is 0 Å². The van der Waals surface area contributed by atoms with Crippen LogP contribution in [0.5, 0.6) is 0 Å². The van der Waals surface area contributed by atoms with Gasteiger partial charge in [-0.1, -0.05) is 0 Å². The molecule has 0 spiro atoms. The Morgan fingerprint density at radius 1 is 1.65 bits per heavy atom. The standard InChI is InChI=1S/C10H7IN2O4/c1-2-17-10(14)8-6(5-12)3-4-7(9(8)11)13(15)16/h3-4H,2H2,1H3. The third-order valence-electron chi connectivity index (χ3n) is 1.92. The molecule has 1 rings (SSSR count). The number of carbonyl (C=O) groups excluding carboxylic acids is 1. The van der Waals surface area contributed by atoms with Gasteiger partial charge >= 0.3 is 5.97 Å². The molecule has 0 amide bonds. The molecule has 0 aliphatic rings. The van der Waals surface area contributed by atoms with E-state index in [1.807, 2.05) is 6.07 Å². The Balaban J connectivity index is 3.44. The quantitative estimate of drug-likeness (QED) is 0.362. The molecule has 0 N–H and O–H groups in total. The van der Waals surface area contributed by atoms with Gasteiger partial charge in [-0.3, -0.25) is 10.1 Å². The zero-order chi connectivity index (χ0) is 13.0. The fourth-order valence-corrected chi connectivity index (χ4v) is 2.09. The molecule has 1 aromatic carbocycles. The Labute approximate surface area is 110 Å². The summed E-state index contributed by atoms with van der Waals surface area (Å²) in [5, 5.41) is 19.6. The largest absolute Gasteiger partial charge is 0.462 e. The zero-order valence-corrected chi connectivity index (χ0v) is 10.9. The number of benzene rings is 1. The van der Waals surface area contributed by atoms with Crippen LogP contribution in [0.1, 0.15) is 22.8 Å². The minimum absolute atomic E-state index is 0.0517. The first kappa shape index (κ1) is 13.4. The second-order valence-electron chi connectivity index (χ2n) is 2.91. The van der Waals surface area contributed by atoms with E-state index in [9.17, 15) is 14.9 Å². The van der Waals surface area contributed by atoms with E-state index < -0.39 is 10.9 Å². The van der Waals surface area contributed by atoms with Gasteiger partial charge in [0, 0.05) is 6.07 Å². The van der Waals surface area contributed by atoms with Crippen molar-refractivity contribution in [2.45, 2.75) is 6.92 Å². The smallest absolute Gasteiger partial charge is 0.340 e. The summed E-state index contributed by atoms with van der Waals surface area (Å²) in [6.07, 6.45) is 0. The van der Waals surface area contributed by atoms with Gasteiger partial charge in [-0.05, 0) is 35.6 Å². The van der Waals surface area contributed by atoms with E-state index in [0.717, 1.165) is 0 Å². The molecule has 17 heavy (non-hydrogen) atoms. The Kier molecular flexibility index (Phi) is 4.39. The second-order valence-corrected chi connectivity index (χ2v) is 3.99. The van der Waals surface area contributed by atoms with Crippen LogP contribution in [-0.4, -0.2) is 17.5 Å². The van der Waals surface area contributed by atoms with E-state index >= 15 is 0 Å². The van der Waals surface area contributed by atoms with E-state index in [0.29, 0.717) is 0 Å². The Morgan fingerprint density at radius 3 is 2.76 bits per heavy atom. The van der Waals surface area contributed by atoms with Crippen molar-refractivity contribution in [2.75, 3.05) is 6.61 Å². The number of rotatable bonds is 3. The van der Waals surface area contributed by atoms with Crippen molar-refractivity contribution in [2.24, 2.45) is 0 Å². The molecule has 88 valence electrons. The van der Waals surface area contributed by atoms with Gasteiger partial charge in [0.25, 0.3) is 5.69 Å². The number of carbonyl (C=O) groups is 1. The first-order valence-electron chi connectivity index (χ1n) is 4.57. The Hall–Kier alpha value is -1.69. The van der Waals surface area contributed by atoms with E-state index in [-0.39, 0.29) is 27.0 Å². The number of nitro benzene ring substituents is 1. The lowest BCUT2D eigenvalue weighted by molar-refractivity contribution is -0.385. The third kappa shape index (κ3) is 2.71. The first-order valence-corrected chi connectivity index (χ1v) is 5.64. The number of halogens is 1. The predicted molar refractivity (Wildman–Crippen MR) is 66.5 cm³/mol. The van der Waals surface area contributed by atoms with E-state index in [4.69, 9.17) is 10.00 Å². The summed E-state index contributed by atoms with van der Waals surface area (Å²) < 4.78 is 4.88. The highest BCUT2D eigenvalue weighted by molar-refractivity contribution is 14.1. The molecule has 0 heterocycles. The summed E-state index contributed by atoms with van der Waals surface area (Å²) in [4.78, 5) is 21.7.